The number of carbonyl (C=O) groups is 4. The van der Waals surface area contributed by atoms with E-state index in [-0.39, 0.29) is 11.4 Å². The van der Waals surface area contributed by atoms with Gasteiger partial charge in [-0.3, -0.25) is 9.59 Å². The van der Waals surface area contributed by atoms with Gasteiger partial charge in [0.1, 0.15) is 11.4 Å². The predicted octanol–water partition coefficient (Wildman–Crippen LogP) is -3.17. The van der Waals surface area contributed by atoms with Crippen molar-refractivity contribution in [1.29, 1.82) is 0 Å². The zero-order chi connectivity index (χ0) is 18.3. The van der Waals surface area contributed by atoms with Crippen molar-refractivity contribution in [1.82, 2.24) is 20.6 Å². The van der Waals surface area contributed by atoms with E-state index in [1.165, 1.54) is 0 Å². The number of aromatic nitrogens is 2. The summed E-state index contributed by atoms with van der Waals surface area (Å²) in [5.41, 5.74) is -0.633. The van der Waals surface area contributed by atoms with Crippen LogP contribution >= 0.6 is 0 Å². The van der Waals surface area contributed by atoms with E-state index in [1.807, 2.05) is 10.6 Å². The Morgan fingerprint density at radius 2 is 1.17 bits per heavy atom. The van der Waals surface area contributed by atoms with E-state index in [2.05, 4.69) is 9.97 Å². The number of aliphatic hydroxyl groups is 2. The van der Waals surface area contributed by atoms with Crippen LogP contribution in [0.5, 0.6) is 0 Å². The molecule has 6 N–H and O–H groups in total. The fourth-order valence-electron chi connectivity index (χ4n) is 1.40. The lowest BCUT2D eigenvalue weighted by atomic mass is 10.3. The van der Waals surface area contributed by atoms with Crippen molar-refractivity contribution < 1.29 is 39.6 Å². The molecule has 0 unspecified atom stereocenters. The van der Waals surface area contributed by atoms with Gasteiger partial charge in [-0.15, -0.1) is 0 Å². The van der Waals surface area contributed by atoms with Gasteiger partial charge in [0.15, 0.2) is 12.1 Å². The summed E-state index contributed by atoms with van der Waals surface area (Å²) in [7, 11) is 0. The summed E-state index contributed by atoms with van der Waals surface area (Å²) in [6, 6.07) is -3.05. The quantitative estimate of drug-likeness (QED) is 0.280. The third-order valence-corrected chi connectivity index (χ3v) is 2.69. The van der Waals surface area contributed by atoms with Crippen LogP contribution in [-0.2, 0) is 9.59 Å². The molecule has 0 radical (unpaired) electrons. The molecule has 1 aromatic rings. The Morgan fingerprint density at radius 3 is 1.38 bits per heavy atom. The molecule has 0 aromatic carbocycles. The first kappa shape index (κ1) is 18.9. The molecule has 0 bridgehead atoms. The van der Waals surface area contributed by atoms with Crippen molar-refractivity contribution in [3.63, 3.8) is 0 Å². The number of carboxylic acid groups (broad SMARTS) is 2. The van der Waals surface area contributed by atoms with Crippen molar-refractivity contribution in [2.45, 2.75) is 12.1 Å². The molecule has 0 aliphatic heterocycles. The summed E-state index contributed by atoms with van der Waals surface area (Å²) >= 11 is 0. The molecule has 0 spiro atoms. The highest BCUT2D eigenvalue weighted by molar-refractivity contribution is 5.97. The maximum Gasteiger partial charge on any atom is 0.328 e. The van der Waals surface area contributed by atoms with Gasteiger partial charge in [0.2, 0.25) is 0 Å². The smallest absolute Gasteiger partial charge is 0.328 e. The predicted molar refractivity (Wildman–Crippen MR) is 74.0 cm³/mol. The lowest BCUT2D eigenvalue weighted by Crippen LogP contribution is -2.44. The van der Waals surface area contributed by atoms with E-state index in [4.69, 9.17) is 20.4 Å². The van der Waals surface area contributed by atoms with Crippen LogP contribution in [0.15, 0.2) is 12.4 Å². The first-order chi connectivity index (χ1) is 11.3. The molecule has 0 saturated carbocycles. The standard InChI is InChI=1S/C12H14N4O8/c17-3-7(11(21)22)15-9(19)5-1-13-6(2-14-5)10(20)16-8(4-18)12(23)24/h1-2,7-8,17-18H,3-4H2,(H,15,19)(H,16,20)(H,21,22)(H,23,24)/t7-,8-/m1/s1. The molecule has 0 saturated heterocycles. The fraction of sp³-hybridized carbons (Fsp3) is 0.333. The van der Waals surface area contributed by atoms with E-state index in [1.54, 1.807) is 0 Å². The van der Waals surface area contributed by atoms with Gasteiger partial charge in [0, 0.05) is 0 Å². The number of amides is 2. The van der Waals surface area contributed by atoms with E-state index >= 15 is 0 Å². The van der Waals surface area contributed by atoms with E-state index in [9.17, 15) is 19.2 Å². The number of carbonyl (C=O) groups excluding carboxylic acids is 2. The molecule has 24 heavy (non-hydrogen) atoms. The lowest BCUT2D eigenvalue weighted by Gasteiger charge is -2.12. The molecular formula is C12H14N4O8. The Morgan fingerprint density at radius 1 is 0.833 bits per heavy atom. The van der Waals surface area contributed by atoms with Gasteiger partial charge in [-0.05, 0) is 0 Å². The van der Waals surface area contributed by atoms with Gasteiger partial charge >= 0.3 is 11.9 Å². The summed E-state index contributed by atoms with van der Waals surface area (Å²) in [4.78, 5) is 52.0. The van der Waals surface area contributed by atoms with Gasteiger partial charge in [-0.25, -0.2) is 19.6 Å². The zero-order valence-electron chi connectivity index (χ0n) is 12.0. The highest BCUT2D eigenvalue weighted by Crippen LogP contribution is 1.98. The number of rotatable bonds is 8. The topological polar surface area (TPSA) is 199 Å². The fourth-order valence-corrected chi connectivity index (χ4v) is 1.40. The summed E-state index contributed by atoms with van der Waals surface area (Å²) in [5.74, 6) is -4.76. The molecule has 1 aromatic heterocycles. The third kappa shape index (κ3) is 4.96. The number of hydrogen-bond donors (Lipinski definition) is 6. The first-order valence-corrected chi connectivity index (χ1v) is 6.41. The molecular weight excluding hydrogens is 328 g/mol. The number of nitrogens with one attached hydrogen (secondary N) is 2. The first-order valence-electron chi connectivity index (χ1n) is 6.41. The minimum atomic E-state index is -1.52. The number of carboxylic acids is 2. The summed E-state index contributed by atoms with van der Waals surface area (Å²) < 4.78 is 0. The monoisotopic (exact) mass is 342 g/mol. The molecule has 130 valence electrons. The molecule has 2 atom stereocenters. The maximum absolute atomic E-state index is 11.7. The molecule has 12 nitrogen and oxygen atoms in total. The van der Waals surface area contributed by atoms with Crippen molar-refractivity contribution in [3.8, 4) is 0 Å². The van der Waals surface area contributed by atoms with Crippen molar-refractivity contribution in [2.24, 2.45) is 0 Å². The number of nitrogens with zero attached hydrogens (tertiary/aromatic N) is 2. The highest BCUT2D eigenvalue weighted by Gasteiger charge is 2.22. The van der Waals surface area contributed by atoms with Crippen molar-refractivity contribution in [2.75, 3.05) is 13.2 Å². The van der Waals surface area contributed by atoms with Crippen LogP contribution in [0.2, 0.25) is 0 Å². The summed E-state index contributed by atoms with van der Waals surface area (Å²) in [6.07, 6.45) is 1.74. The lowest BCUT2D eigenvalue weighted by molar-refractivity contribution is -0.141. The van der Waals surface area contributed by atoms with E-state index in [0.29, 0.717) is 0 Å². The van der Waals surface area contributed by atoms with Crippen LogP contribution in [0, 0.1) is 0 Å². The van der Waals surface area contributed by atoms with Crippen molar-refractivity contribution in [3.05, 3.63) is 23.8 Å². The average Bonchev–Trinajstić information content (AvgIpc) is 2.56. The maximum atomic E-state index is 11.7. The Labute approximate surface area is 134 Å². The number of hydrogen-bond acceptors (Lipinski definition) is 8. The molecule has 0 aliphatic rings. The van der Waals surface area contributed by atoms with Gasteiger partial charge in [0.05, 0.1) is 25.6 Å². The third-order valence-electron chi connectivity index (χ3n) is 2.69. The van der Waals surface area contributed by atoms with Crippen LogP contribution in [0.3, 0.4) is 0 Å². The van der Waals surface area contributed by atoms with Gasteiger partial charge in [-0.2, -0.15) is 0 Å². The average molecular weight is 342 g/mol. The summed E-state index contributed by atoms with van der Waals surface area (Å²) in [5, 5.41) is 39.0. The molecule has 0 fully saturated rings. The minimum Gasteiger partial charge on any atom is -0.480 e. The number of aliphatic carboxylic acids is 2. The Kier molecular flexibility index (Phi) is 6.70. The zero-order valence-corrected chi connectivity index (χ0v) is 12.0. The van der Waals surface area contributed by atoms with Gasteiger partial charge in [-0.1, -0.05) is 0 Å². The molecule has 1 rings (SSSR count). The molecule has 2 amide bonds. The normalized spacial score (nSPS) is 12.8. The second kappa shape index (κ2) is 8.50. The Hall–Kier alpha value is -3.12. The molecule has 1 heterocycles. The highest BCUT2D eigenvalue weighted by atomic mass is 16.4. The van der Waals surface area contributed by atoms with Crippen LogP contribution in [-0.4, -0.2) is 79.4 Å². The molecule has 12 heteroatoms. The van der Waals surface area contributed by atoms with Gasteiger partial charge < -0.3 is 31.1 Å². The van der Waals surface area contributed by atoms with Crippen LogP contribution in [0.4, 0.5) is 0 Å². The summed E-state index contributed by atoms with van der Waals surface area (Å²) in [6.45, 7) is -1.65. The second-order valence-corrected chi connectivity index (χ2v) is 4.38. The largest absolute Gasteiger partial charge is 0.480 e. The molecule has 0 aliphatic carbocycles. The van der Waals surface area contributed by atoms with Crippen LogP contribution in [0.1, 0.15) is 21.0 Å². The van der Waals surface area contributed by atoms with E-state index < -0.39 is 49.1 Å². The van der Waals surface area contributed by atoms with Crippen molar-refractivity contribution >= 4 is 23.8 Å². The Balaban J connectivity index is 2.78. The second-order valence-electron chi connectivity index (χ2n) is 4.38. The van der Waals surface area contributed by atoms with Crippen LogP contribution < -0.4 is 10.6 Å². The minimum absolute atomic E-state index is 0.316. The van der Waals surface area contributed by atoms with Crippen LogP contribution in [0.25, 0.3) is 0 Å². The SMILES string of the molecule is O=C(N[C@H](CO)C(=O)O)c1cnc(C(=O)N[C@H](CO)C(=O)O)cn1. The Bertz CT molecular complexity index is 577. The van der Waals surface area contributed by atoms with E-state index in [0.717, 1.165) is 12.4 Å². The number of aliphatic hydroxyl groups excluding tert-OH is 2. The van der Waals surface area contributed by atoms with Gasteiger partial charge in [0.25, 0.3) is 11.8 Å².